The summed E-state index contributed by atoms with van der Waals surface area (Å²) in [5, 5.41) is 17.7. The third-order valence-electron chi connectivity index (χ3n) is 5.50. The number of aliphatic hydroxyl groups excluding tert-OH is 1. The zero-order chi connectivity index (χ0) is 19.7. The molecular formula is C19H25N5O4. The van der Waals surface area contributed by atoms with E-state index in [0.717, 1.165) is 37.8 Å². The van der Waals surface area contributed by atoms with Crippen molar-refractivity contribution in [3.05, 3.63) is 17.6 Å². The van der Waals surface area contributed by atoms with Crippen LogP contribution in [0.2, 0.25) is 0 Å². The third kappa shape index (κ3) is 3.71. The van der Waals surface area contributed by atoms with Gasteiger partial charge in [0.25, 0.3) is 0 Å². The highest BCUT2D eigenvalue weighted by atomic mass is 16.5. The number of rotatable bonds is 6. The minimum atomic E-state index is -0.172. The van der Waals surface area contributed by atoms with Crippen LogP contribution in [0.5, 0.6) is 5.88 Å². The fourth-order valence-electron chi connectivity index (χ4n) is 3.76. The molecule has 0 unspecified atom stereocenters. The van der Waals surface area contributed by atoms with Crippen molar-refractivity contribution in [1.82, 2.24) is 25.0 Å². The summed E-state index contributed by atoms with van der Waals surface area (Å²) < 4.78 is 12.6. The molecule has 0 aliphatic heterocycles. The number of aryl methyl sites for hydroxylation is 1. The number of hydrogen-bond donors (Lipinski definition) is 1. The number of carbonyl (C=O) groups is 1. The molecule has 0 aromatic carbocycles. The minimum absolute atomic E-state index is 0.0694. The van der Waals surface area contributed by atoms with Gasteiger partial charge >= 0.3 is 5.97 Å². The van der Waals surface area contributed by atoms with E-state index in [4.69, 9.17) is 14.5 Å². The fraction of sp³-hybridized carbons (Fsp3) is 0.632. The normalized spacial score (nSPS) is 22.1. The molecular weight excluding hydrogens is 362 g/mol. The van der Waals surface area contributed by atoms with Gasteiger partial charge in [0.1, 0.15) is 23.2 Å². The van der Waals surface area contributed by atoms with Gasteiger partial charge in [-0.2, -0.15) is 0 Å². The zero-order valence-electron chi connectivity index (χ0n) is 16.2. The van der Waals surface area contributed by atoms with Crippen LogP contribution in [0.25, 0.3) is 11.4 Å². The number of esters is 1. The van der Waals surface area contributed by atoms with E-state index in [1.54, 1.807) is 13.2 Å². The van der Waals surface area contributed by atoms with Crippen molar-refractivity contribution in [2.24, 2.45) is 13.0 Å². The van der Waals surface area contributed by atoms with Crippen molar-refractivity contribution in [2.75, 3.05) is 7.11 Å². The lowest BCUT2D eigenvalue weighted by Crippen LogP contribution is -2.30. The van der Waals surface area contributed by atoms with Crippen molar-refractivity contribution in [3.8, 4) is 17.3 Å². The lowest BCUT2D eigenvalue weighted by molar-refractivity contribution is -0.147. The number of aromatic nitrogens is 5. The molecule has 0 amide bonds. The van der Waals surface area contributed by atoms with E-state index in [-0.39, 0.29) is 24.6 Å². The molecule has 4 rings (SSSR count). The maximum absolute atomic E-state index is 11.9. The van der Waals surface area contributed by atoms with Crippen molar-refractivity contribution < 1.29 is 19.4 Å². The first kappa shape index (κ1) is 18.8. The second-order valence-electron chi connectivity index (χ2n) is 7.51. The van der Waals surface area contributed by atoms with E-state index in [2.05, 4.69) is 15.3 Å². The van der Waals surface area contributed by atoms with Gasteiger partial charge in [0.2, 0.25) is 5.88 Å². The largest absolute Gasteiger partial charge is 0.473 e. The van der Waals surface area contributed by atoms with Crippen LogP contribution in [0.1, 0.15) is 55.8 Å². The van der Waals surface area contributed by atoms with Gasteiger partial charge in [-0.15, -0.1) is 5.10 Å². The summed E-state index contributed by atoms with van der Waals surface area (Å²) in [6.07, 6.45) is 6.94. The van der Waals surface area contributed by atoms with E-state index in [0.29, 0.717) is 35.3 Å². The molecule has 2 fully saturated rings. The van der Waals surface area contributed by atoms with Gasteiger partial charge in [-0.3, -0.25) is 4.79 Å². The maximum atomic E-state index is 11.9. The second-order valence-corrected chi connectivity index (χ2v) is 7.51. The molecule has 2 aliphatic carbocycles. The summed E-state index contributed by atoms with van der Waals surface area (Å²) in [6.45, 7) is -0.172. The van der Waals surface area contributed by atoms with Gasteiger partial charge < -0.3 is 14.6 Å². The van der Waals surface area contributed by atoms with Crippen molar-refractivity contribution in [3.63, 3.8) is 0 Å². The summed E-state index contributed by atoms with van der Waals surface area (Å²) in [4.78, 5) is 21.2. The topological polar surface area (TPSA) is 112 Å². The predicted octanol–water partition coefficient (Wildman–Crippen LogP) is 1.75. The smallest absolute Gasteiger partial charge is 0.308 e. The summed E-state index contributed by atoms with van der Waals surface area (Å²) >= 11 is 0. The van der Waals surface area contributed by atoms with Crippen molar-refractivity contribution in [1.29, 1.82) is 0 Å². The Hall–Kier alpha value is -2.55. The molecule has 0 radical (unpaired) electrons. The van der Waals surface area contributed by atoms with Crippen LogP contribution in [-0.4, -0.2) is 49.3 Å². The molecule has 2 aliphatic rings. The standard InChI is InChI=1S/C19H25N5O4/c1-24-15(10-25)17(22-23-24)14-9-20-18(16(21-14)11-6-7-11)28-13-5-3-4-12(8-13)19(26)27-2/h9,11-13,25H,3-8,10H2,1-2H3/t12-,13-/m0/s1. The van der Waals surface area contributed by atoms with Crippen LogP contribution in [0.3, 0.4) is 0 Å². The first-order valence-corrected chi connectivity index (χ1v) is 9.72. The Morgan fingerprint density at radius 2 is 2.14 bits per heavy atom. The van der Waals surface area contributed by atoms with E-state index in [1.807, 2.05) is 0 Å². The number of aliphatic hydroxyl groups is 1. The Morgan fingerprint density at radius 1 is 1.32 bits per heavy atom. The number of nitrogens with zero attached hydrogens (tertiary/aromatic N) is 5. The van der Waals surface area contributed by atoms with Crippen LogP contribution in [0.15, 0.2) is 6.20 Å². The SMILES string of the molecule is COC(=O)[C@H]1CCC[C@H](Oc2ncc(-c3nnn(C)c3CO)nc2C2CC2)C1. The van der Waals surface area contributed by atoms with Gasteiger partial charge in [0.15, 0.2) is 0 Å². The molecule has 0 spiro atoms. The van der Waals surface area contributed by atoms with Crippen LogP contribution in [-0.2, 0) is 23.2 Å². The van der Waals surface area contributed by atoms with Crippen LogP contribution in [0.4, 0.5) is 0 Å². The molecule has 2 heterocycles. The first-order chi connectivity index (χ1) is 13.6. The quantitative estimate of drug-likeness (QED) is 0.746. The summed E-state index contributed by atoms with van der Waals surface area (Å²) in [6, 6.07) is 0. The van der Waals surface area contributed by atoms with Crippen LogP contribution < -0.4 is 4.74 Å². The first-order valence-electron chi connectivity index (χ1n) is 9.72. The third-order valence-corrected chi connectivity index (χ3v) is 5.50. The lowest BCUT2D eigenvalue weighted by atomic mass is 9.87. The van der Waals surface area contributed by atoms with Gasteiger partial charge in [0.05, 0.1) is 31.5 Å². The molecule has 2 saturated carbocycles. The lowest BCUT2D eigenvalue weighted by Gasteiger charge is -2.28. The molecule has 9 heteroatoms. The highest BCUT2D eigenvalue weighted by molar-refractivity contribution is 5.72. The highest BCUT2D eigenvalue weighted by Crippen LogP contribution is 2.44. The molecule has 1 N–H and O–H groups in total. The van der Waals surface area contributed by atoms with Gasteiger partial charge in [-0.25, -0.2) is 14.6 Å². The molecule has 28 heavy (non-hydrogen) atoms. The minimum Gasteiger partial charge on any atom is -0.473 e. The van der Waals surface area contributed by atoms with E-state index < -0.39 is 0 Å². The number of ether oxygens (including phenoxy) is 2. The van der Waals surface area contributed by atoms with Gasteiger partial charge in [-0.05, 0) is 38.5 Å². The maximum Gasteiger partial charge on any atom is 0.308 e. The van der Waals surface area contributed by atoms with Gasteiger partial charge in [0, 0.05) is 13.0 Å². The molecule has 2 aromatic rings. The molecule has 0 bridgehead atoms. The van der Waals surface area contributed by atoms with Crippen molar-refractivity contribution in [2.45, 2.75) is 57.2 Å². The molecule has 9 nitrogen and oxygen atoms in total. The molecule has 150 valence electrons. The Balaban J connectivity index is 1.57. The Labute approximate surface area is 163 Å². The summed E-state index contributed by atoms with van der Waals surface area (Å²) in [5.41, 5.74) is 2.54. The van der Waals surface area contributed by atoms with E-state index in [9.17, 15) is 9.90 Å². The average Bonchev–Trinajstić information content (AvgIpc) is 3.50. The highest BCUT2D eigenvalue weighted by Gasteiger charge is 2.34. The fourth-order valence-corrected chi connectivity index (χ4v) is 3.76. The van der Waals surface area contributed by atoms with Crippen molar-refractivity contribution >= 4 is 5.97 Å². The average molecular weight is 387 g/mol. The van der Waals surface area contributed by atoms with E-state index in [1.165, 1.54) is 11.8 Å². The Morgan fingerprint density at radius 3 is 2.86 bits per heavy atom. The second kappa shape index (κ2) is 7.83. The summed E-state index contributed by atoms with van der Waals surface area (Å²) in [7, 11) is 3.16. The number of methoxy groups -OCH3 is 1. The predicted molar refractivity (Wildman–Crippen MR) is 98.3 cm³/mol. The Kier molecular flexibility index (Phi) is 5.25. The molecule has 2 aromatic heterocycles. The summed E-state index contributed by atoms with van der Waals surface area (Å²) in [5.74, 6) is 0.580. The number of hydrogen-bond acceptors (Lipinski definition) is 8. The monoisotopic (exact) mass is 387 g/mol. The molecule has 2 atom stereocenters. The molecule has 0 saturated heterocycles. The van der Waals surface area contributed by atoms with E-state index >= 15 is 0 Å². The number of carbonyl (C=O) groups excluding carboxylic acids is 1. The zero-order valence-corrected chi connectivity index (χ0v) is 16.2. The Bertz CT molecular complexity index is 864. The van der Waals surface area contributed by atoms with Gasteiger partial charge in [-0.1, -0.05) is 5.21 Å². The van der Waals surface area contributed by atoms with Crippen LogP contribution >= 0.6 is 0 Å². The van der Waals surface area contributed by atoms with Crippen LogP contribution in [0, 0.1) is 5.92 Å².